The van der Waals surface area contributed by atoms with Crippen LogP contribution in [0.2, 0.25) is 0 Å². The van der Waals surface area contributed by atoms with Crippen LogP contribution in [0.25, 0.3) is 10.9 Å². The number of hydrogen-bond donors (Lipinski definition) is 2. The molecule has 0 spiro atoms. The van der Waals surface area contributed by atoms with E-state index < -0.39 is 0 Å². The monoisotopic (exact) mass is 272 g/mol. The van der Waals surface area contributed by atoms with E-state index in [1.54, 1.807) is 7.11 Å². The Labute approximate surface area is 116 Å². The third kappa shape index (κ3) is 3.52. The van der Waals surface area contributed by atoms with Gasteiger partial charge < -0.3 is 10.5 Å². The van der Waals surface area contributed by atoms with Crippen LogP contribution in [0, 0.1) is 0 Å². The maximum absolute atomic E-state index is 11.2. The number of nitrogens with zero attached hydrogens (tertiary/aromatic N) is 2. The van der Waals surface area contributed by atoms with E-state index in [4.69, 9.17) is 10.5 Å². The molecule has 1 amide bonds. The van der Waals surface area contributed by atoms with Crippen molar-refractivity contribution in [2.24, 2.45) is 10.8 Å². The number of carbonyl (C=O) groups is 1. The van der Waals surface area contributed by atoms with E-state index in [0.29, 0.717) is 12.2 Å². The molecule has 3 N–H and O–H groups in total. The number of rotatable bonds is 5. The third-order valence-corrected chi connectivity index (χ3v) is 2.68. The van der Waals surface area contributed by atoms with E-state index in [1.165, 1.54) is 6.21 Å². The average molecular weight is 272 g/mol. The number of nitrogens with one attached hydrogen (secondary N) is 1. The minimum atomic E-state index is -0.214. The van der Waals surface area contributed by atoms with Gasteiger partial charge in [0, 0.05) is 18.4 Å². The van der Waals surface area contributed by atoms with Crippen LogP contribution in [0.15, 0.2) is 35.4 Å². The quantitative estimate of drug-likeness (QED) is 0.628. The molecule has 0 aliphatic heterocycles. The summed E-state index contributed by atoms with van der Waals surface area (Å²) < 4.78 is 5.15. The zero-order valence-electron chi connectivity index (χ0n) is 11.2. The Hall–Kier alpha value is -2.47. The summed E-state index contributed by atoms with van der Waals surface area (Å²) in [5, 5.41) is 4.81. The fourth-order valence-corrected chi connectivity index (χ4v) is 1.68. The van der Waals surface area contributed by atoms with Gasteiger partial charge in [0.05, 0.1) is 24.5 Å². The van der Waals surface area contributed by atoms with Gasteiger partial charge in [0.2, 0.25) is 5.91 Å². The molecule has 0 atom stereocenters. The first-order chi connectivity index (χ1) is 9.72. The lowest BCUT2D eigenvalue weighted by atomic mass is 10.2. The highest BCUT2D eigenvalue weighted by molar-refractivity contribution is 5.86. The zero-order chi connectivity index (χ0) is 14.4. The van der Waals surface area contributed by atoms with E-state index in [1.807, 2.05) is 30.3 Å². The van der Waals surface area contributed by atoms with Crippen molar-refractivity contribution in [2.75, 3.05) is 13.7 Å². The SMILES string of the molecule is COc1ccc2nc(/C=N\NC(=O)CCN)ccc2c1. The molecule has 6 heteroatoms. The van der Waals surface area contributed by atoms with Gasteiger partial charge in [-0.2, -0.15) is 5.10 Å². The topological polar surface area (TPSA) is 89.6 Å². The second-order valence-corrected chi connectivity index (χ2v) is 4.13. The molecule has 1 heterocycles. The van der Waals surface area contributed by atoms with Crippen molar-refractivity contribution in [3.8, 4) is 5.75 Å². The van der Waals surface area contributed by atoms with Gasteiger partial charge in [-0.25, -0.2) is 10.4 Å². The number of ether oxygens (including phenoxy) is 1. The Kier molecular flexibility index (Phi) is 4.62. The smallest absolute Gasteiger partial charge is 0.241 e. The van der Waals surface area contributed by atoms with Crippen LogP contribution in [0.3, 0.4) is 0 Å². The van der Waals surface area contributed by atoms with E-state index in [9.17, 15) is 4.79 Å². The molecule has 0 aliphatic rings. The maximum Gasteiger partial charge on any atom is 0.241 e. The summed E-state index contributed by atoms with van der Waals surface area (Å²) in [6, 6.07) is 9.37. The second-order valence-electron chi connectivity index (χ2n) is 4.13. The number of methoxy groups -OCH3 is 1. The van der Waals surface area contributed by atoms with E-state index in [2.05, 4.69) is 15.5 Å². The number of hydrazone groups is 1. The van der Waals surface area contributed by atoms with Crippen molar-refractivity contribution >= 4 is 23.0 Å². The third-order valence-electron chi connectivity index (χ3n) is 2.68. The first-order valence-corrected chi connectivity index (χ1v) is 6.19. The van der Waals surface area contributed by atoms with Crippen molar-refractivity contribution in [1.29, 1.82) is 0 Å². The number of pyridine rings is 1. The standard InChI is InChI=1S/C14H16N4O2/c1-20-12-4-5-13-10(8-12)2-3-11(17-13)9-16-18-14(19)6-7-15/h2-5,8-9H,6-7,15H2,1H3,(H,18,19)/b16-9-. The average Bonchev–Trinajstić information content (AvgIpc) is 2.47. The summed E-state index contributed by atoms with van der Waals surface area (Å²) in [6.45, 7) is 0.303. The van der Waals surface area contributed by atoms with Gasteiger partial charge >= 0.3 is 0 Å². The van der Waals surface area contributed by atoms with Crippen molar-refractivity contribution in [1.82, 2.24) is 10.4 Å². The minimum Gasteiger partial charge on any atom is -0.497 e. The molecule has 0 fully saturated rings. The highest BCUT2D eigenvalue weighted by Gasteiger charge is 1.99. The van der Waals surface area contributed by atoms with Crippen molar-refractivity contribution in [3.63, 3.8) is 0 Å². The molecule has 0 saturated heterocycles. The van der Waals surface area contributed by atoms with E-state index in [-0.39, 0.29) is 12.3 Å². The number of aromatic nitrogens is 1. The summed E-state index contributed by atoms with van der Waals surface area (Å²) in [5.74, 6) is 0.573. The summed E-state index contributed by atoms with van der Waals surface area (Å²) >= 11 is 0. The largest absolute Gasteiger partial charge is 0.497 e. The Morgan fingerprint density at radius 1 is 1.45 bits per heavy atom. The van der Waals surface area contributed by atoms with Crippen molar-refractivity contribution < 1.29 is 9.53 Å². The molecule has 0 bridgehead atoms. The zero-order valence-corrected chi connectivity index (χ0v) is 11.2. The second kappa shape index (κ2) is 6.63. The molecule has 6 nitrogen and oxygen atoms in total. The Bertz CT molecular complexity index is 640. The van der Waals surface area contributed by atoms with Crippen molar-refractivity contribution in [3.05, 3.63) is 36.0 Å². The predicted octanol–water partition coefficient (Wildman–Crippen LogP) is 1.04. The summed E-state index contributed by atoms with van der Waals surface area (Å²) in [7, 11) is 1.62. The van der Waals surface area contributed by atoms with Crippen LogP contribution < -0.4 is 15.9 Å². The molecule has 2 rings (SSSR count). The molecule has 0 saturated carbocycles. The molecule has 1 aromatic heterocycles. The van der Waals surface area contributed by atoms with Crippen molar-refractivity contribution in [2.45, 2.75) is 6.42 Å². The normalized spacial score (nSPS) is 10.9. The van der Waals surface area contributed by atoms with E-state index in [0.717, 1.165) is 16.7 Å². The number of benzene rings is 1. The summed E-state index contributed by atoms with van der Waals surface area (Å²) in [5.41, 5.74) is 9.15. The van der Waals surface area contributed by atoms with Crippen LogP contribution in [-0.4, -0.2) is 30.8 Å². The van der Waals surface area contributed by atoms with E-state index >= 15 is 0 Å². The number of carbonyl (C=O) groups excluding carboxylic acids is 1. The van der Waals surface area contributed by atoms with Crippen LogP contribution in [0.4, 0.5) is 0 Å². The number of fused-ring (bicyclic) bond motifs is 1. The van der Waals surface area contributed by atoms with Crippen LogP contribution in [0.5, 0.6) is 5.75 Å². The van der Waals surface area contributed by atoms with Crippen LogP contribution >= 0.6 is 0 Å². The van der Waals surface area contributed by atoms with Gasteiger partial charge in [-0.05, 0) is 24.3 Å². The highest BCUT2D eigenvalue weighted by Crippen LogP contribution is 2.19. The summed E-state index contributed by atoms with van der Waals surface area (Å²) in [4.78, 5) is 15.6. The molecular formula is C14H16N4O2. The fourth-order valence-electron chi connectivity index (χ4n) is 1.68. The van der Waals surface area contributed by atoms with Gasteiger partial charge in [0.15, 0.2) is 0 Å². The molecular weight excluding hydrogens is 256 g/mol. The minimum absolute atomic E-state index is 0.214. The molecule has 104 valence electrons. The lowest BCUT2D eigenvalue weighted by molar-refractivity contribution is -0.120. The molecule has 0 radical (unpaired) electrons. The summed E-state index contributed by atoms with van der Waals surface area (Å²) in [6.07, 6.45) is 1.75. The maximum atomic E-state index is 11.2. The number of hydrogen-bond acceptors (Lipinski definition) is 5. The van der Waals surface area contributed by atoms with Gasteiger partial charge in [-0.1, -0.05) is 6.07 Å². The van der Waals surface area contributed by atoms with Crippen LogP contribution in [0.1, 0.15) is 12.1 Å². The lowest BCUT2D eigenvalue weighted by Crippen LogP contribution is -2.20. The Balaban J connectivity index is 2.12. The lowest BCUT2D eigenvalue weighted by Gasteiger charge is -2.02. The highest BCUT2D eigenvalue weighted by atomic mass is 16.5. The van der Waals surface area contributed by atoms with Crippen LogP contribution in [-0.2, 0) is 4.79 Å². The first kappa shape index (κ1) is 14.0. The fraction of sp³-hybridized carbons (Fsp3) is 0.214. The Morgan fingerprint density at radius 3 is 3.05 bits per heavy atom. The predicted molar refractivity (Wildman–Crippen MR) is 77.7 cm³/mol. The number of nitrogens with two attached hydrogens (primary N) is 1. The first-order valence-electron chi connectivity index (χ1n) is 6.19. The Morgan fingerprint density at radius 2 is 2.30 bits per heavy atom. The molecule has 0 unspecified atom stereocenters. The van der Waals surface area contributed by atoms with Gasteiger partial charge in [-0.15, -0.1) is 0 Å². The van der Waals surface area contributed by atoms with Gasteiger partial charge in [-0.3, -0.25) is 4.79 Å². The molecule has 0 aliphatic carbocycles. The van der Waals surface area contributed by atoms with Gasteiger partial charge in [0.1, 0.15) is 5.75 Å². The molecule has 2 aromatic rings. The molecule has 20 heavy (non-hydrogen) atoms. The van der Waals surface area contributed by atoms with Gasteiger partial charge in [0.25, 0.3) is 0 Å². The molecule has 1 aromatic carbocycles. The number of amides is 1.